The predicted octanol–water partition coefficient (Wildman–Crippen LogP) is 4.28. The van der Waals surface area contributed by atoms with E-state index in [1.807, 2.05) is 22.6 Å². The van der Waals surface area contributed by atoms with Crippen LogP contribution in [0.15, 0.2) is 18.2 Å². The van der Waals surface area contributed by atoms with Crippen LogP contribution >= 0.6 is 38.5 Å². The summed E-state index contributed by atoms with van der Waals surface area (Å²) in [4.78, 5) is 11.1. The molecule has 0 aliphatic heterocycles. The van der Waals surface area contributed by atoms with Gasteiger partial charge in [0.05, 0.1) is 10.4 Å². The highest BCUT2D eigenvalue weighted by Gasteiger charge is 2.31. The minimum absolute atomic E-state index is 0.0970. The molecule has 6 heteroatoms. The van der Waals surface area contributed by atoms with Crippen LogP contribution in [0.5, 0.6) is 0 Å². The Morgan fingerprint density at radius 3 is 2.44 bits per heavy atom. The fourth-order valence-corrected chi connectivity index (χ4v) is 1.95. The highest BCUT2D eigenvalue weighted by atomic mass is 127. The van der Waals surface area contributed by atoms with Crippen LogP contribution in [0.25, 0.3) is 0 Å². The number of benzene rings is 1. The molecule has 0 N–H and O–H groups in total. The van der Waals surface area contributed by atoms with E-state index < -0.39 is 16.6 Å². The Morgan fingerprint density at radius 2 is 2.00 bits per heavy atom. The molecule has 0 saturated heterocycles. The van der Waals surface area contributed by atoms with Crippen molar-refractivity contribution in [3.8, 4) is 0 Å². The maximum Gasteiger partial charge on any atom is 0.416 e. The highest BCUT2D eigenvalue weighted by molar-refractivity contribution is 14.1. The summed E-state index contributed by atoms with van der Waals surface area (Å²) in [5.41, 5.74) is -0.704. The van der Waals surface area contributed by atoms with Crippen LogP contribution in [0.2, 0.25) is 0 Å². The molecule has 0 bridgehead atoms. The number of hydrogen-bond donors (Lipinski definition) is 0. The lowest BCUT2D eigenvalue weighted by molar-refractivity contribution is -0.137. The van der Waals surface area contributed by atoms with Gasteiger partial charge in [-0.2, -0.15) is 13.2 Å². The van der Waals surface area contributed by atoms with Gasteiger partial charge in [0.15, 0.2) is 5.78 Å². The fourth-order valence-electron chi connectivity index (χ4n) is 1.10. The molecule has 0 heterocycles. The number of carbonyl (C=O) groups excluding carboxylic acids is 1. The number of rotatable bonds is 2. The van der Waals surface area contributed by atoms with Crippen LogP contribution in [-0.4, -0.2) is 10.6 Å². The van der Waals surface area contributed by atoms with Gasteiger partial charge in [0, 0.05) is 9.13 Å². The molecule has 16 heavy (non-hydrogen) atoms. The molecule has 1 nitrogen and oxygen atoms in total. The van der Waals surface area contributed by atoms with E-state index in [4.69, 9.17) is 0 Å². The average Bonchev–Trinajstić information content (AvgIpc) is 2.15. The third kappa shape index (κ3) is 3.19. The first-order valence-electron chi connectivity index (χ1n) is 4.28. The minimum Gasteiger partial charge on any atom is -0.293 e. The van der Waals surface area contributed by atoms with Crippen molar-refractivity contribution in [2.24, 2.45) is 0 Å². The monoisotopic (exact) mass is 406 g/mol. The van der Waals surface area contributed by atoms with Crippen molar-refractivity contribution < 1.29 is 18.0 Å². The Bertz CT molecular complexity index is 415. The summed E-state index contributed by atoms with van der Waals surface area (Å²) >= 11 is 4.90. The largest absolute Gasteiger partial charge is 0.416 e. The summed E-state index contributed by atoms with van der Waals surface area (Å²) in [5.74, 6) is -0.351. The molecule has 0 aliphatic carbocycles. The van der Waals surface area contributed by atoms with E-state index in [-0.39, 0.29) is 11.3 Å². The molecular weight excluding hydrogens is 400 g/mol. The van der Waals surface area contributed by atoms with Crippen LogP contribution in [0.1, 0.15) is 22.8 Å². The van der Waals surface area contributed by atoms with Crippen LogP contribution in [0.3, 0.4) is 0 Å². The third-order valence-corrected chi connectivity index (χ3v) is 3.28. The number of ketones is 1. The van der Waals surface area contributed by atoms with Crippen molar-refractivity contribution in [2.75, 3.05) is 0 Å². The summed E-state index contributed by atoms with van der Waals surface area (Å²) in [6.45, 7) is 1.58. The first-order valence-corrected chi connectivity index (χ1v) is 6.28. The van der Waals surface area contributed by atoms with Gasteiger partial charge < -0.3 is 0 Å². The quantitative estimate of drug-likeness (QED) is 0.407. The maximum absolute atomic E-state index is 12.4. The van der Waals surface area contributed by atoms with Crippen molar-refractivity contribution in [3.63, 3.8) is 0 Å². The molecule has 0 aromatic heterocycles. The van der Waals surface area contributed by atoms with Crippen molar-refractivity contribution >= 4 is 44.3 Å². The van der Waals surface area contributed by atoms with Gasteiger partial charge >= 0.3 is 6.18 Å². The molecule has 1 aromatic carbocycles. The molecule has 1 rings (SSSR count). The molecule has 1 aromatic rings. The van der Waals surface area contributed by atoms with Crippen LogP contribution < -0.4 is 0 Å². The normalized spacial score (nSPS) is 13.6. The predicted molar refractivity (Wildman–Crippen MR) is 66.9 cm³/mol. The average molecular weight is 407 g/mol. The molecule has 0 aliphatic rings. The second-order valence-electron chi connectivity index (χ2n) is 3.17. The summed E-state index contributed by atoms with van der Waals surface area (Å²) in [5, 5.41) is 0. The minimum atomic E-state index is -4.42. The lowest BCUT2D eigenvalue weighted by atomic mass is 10.1. The SMILES string of the molecule is CC(Br)C(=O)c1cc(C(F)(F)F)ccc1I. The van der Waals surface area contributed by atoms with Gasteiger partial charge in [-0.25, -0.2) is 0 Å². The second kappa shape index (κ2) is 5.03. The van der Waals surface area contributed by atoms with Gasteiger partial charge in [-0.15, -0.1) is 0 Å². The molecule has 0 saturated carbocycles. The van der Waals surface area contributed by atoms with E-state index in [9.17, 15) is 18.0 Å². The lowest BCUT2D eigenvalue weighted by Gasteiger charge is -2.10. The number of halogens is 5. The number of carbonyl (C=O) groups is 1. The van der Waals surface area contributed by atoms with Gasteiger partial charge in [-0.3, -0.25) is 4.79 Å². The van der Waals surface area contributed by atoms with E-state index in [2.05, 4.69) is 15.9 Å². The van der Waals surface area contributed by atoms with E-state index in [1.54, 1.807) is 6.92 Å². The van der Waals surface area contributed by atoms with Gasteiger partial charge in [0.1, 0.15) is 0 Å². The molecule has 0 fully saturated rings. The van der Waals surface area contributed by atoms with Crippen LogP contribution in [0.4, 0.5) is 13.2 Å². The summed E-state index contributed by atoms with van der Waals surface area (Å²) in [6, 6.07) is 3.16. The van der Waals surface area contributed by atoms with Gasteiger partial charge in [0.2, 0.25) is 0 Å². The Kier molecular flexibility index (Phi) is 4.39. The number of alkyl halides is 4. The Balaban J connectivity index is 3.25. The molecule has 0 radical (unpaired) electrons. The fraction of sp³-hybridized carbons (Fsp3) is 0.300. The Hall–Kier alpha value is -0.110. The summed E-state index contributed by atoms with van der Waals surface area (Å²) in [6.07, 6.45) is -4.42. The molecule has 0 spiro atoms. The van der Waals surface area contributed by atoms with Gasteiger partial charge in [0.25, 0.3) is 0 Å². The van der Waals surface area contributed by atoms with E-state index in [1.165, 1.54) is 6.07 Å². The molecule has 88 valence electrons. The maximum atomic E-state index is 12.4. The van der Waals surface area contributed by atoms with Gasteiger partial charge in [-0.1, -0.05) is 15.9 Å². The van der Waals surface area contributed by atoms with Crippen molar-refractivity contribution in [1.82, 2.24) is 0 Å². The Labute approximate surface area is 113 Å². The standard InChI is InChI=1S/C10H7BrF3IO/c1-5(11)9(16)7-4-6(10(12,13)14)2-3-8(7)15/h2-5H,1H3. The number of Topliss-reactive ketones (excluding diaryl/α,β-unsaturated/α-hetero) is 1. The summed E-state index contributed by atoms with van der Waals surface area (Å²) < 4.78 is 37.8. The van der Waals surface area contributed by atoms with Crippen molar-refractivity contribution in [3.05, 3.63) is 32.9 Å². The smallest absolute Gasteiger partial charge is 0.293 e. The highest BCUT2D eigenvalue weighted by Crippen LogP contribution is 2.31. The van der Waals surface area contributed by atoms with Crippen LogP contribution in [0, 0.1) is 3.57 Å². The zero-order valence-electron chi connectivity index (χ0n) is 8.11. The van der Waals surface area contributed by atoms with Crippen molar-refractivity contribution in [2.45, 2.75) is 17.9 Å². The van der Waals surface area contributed by atoms with E-state index in [0.717, 1.165) is 12.1 Å². The first kappa shape index (κ1) is 14.0. The van der Waals surface area contributed by atoms with Gasteiger partial charge in [-0.05, 0) is 47.7 Å². The van der Waals surface area contributed by atoms with Crippen molar-refractivity contribution in [1.29, 1.82) is 0 Å². The molecule has 1 atom stereocenters. The second-order valence-corrected chi connectivity index (χ2v) is 5.71. The molecule has 1 unspecified atom stereocenters. The zero-order valence-corrected chi connectivity index (χ0v) is 11.9. The number of hydrogen-bond acceptors (Lipinski definition) is 1. The van der Waals surface area contributed by atoms with Crippen LogP contribution in [-0.2, 0) is 6.18 Å². The van der Waals surface area contributed by atoms with E-state index >= 15 is 0 Å². The summed E-state index contributed by atoms with van der Waals surface area (Å²) in [7, 11) is 0. The third-order valence-electron chi connectivity index (χ3n) is 1.92. The topological polar surface area (TPSA) is 17.1 Å². The zero-order chi connectivity index (χ0) is 12.5. The first-order chi connectivity index (χ1) is 7.23. The lowest BCUT2D eigenvalue weighted by Crippen LogP contribution is -2.14. The Morgan fingerprint density at radius 1 is 1.44 bits per heavy atom. The van der Waals surface area contributed by atoms with E-state index in [0.29, 0.717) is 3.57 Å². The molecular formula is C10H7BrF3IO. The molecule has 0 amide bonds.